The molecule has 4 aromatic rings. The van der Waals surface area contributed by atoms with E-state index in [1.54, 1.807) is 4.68 Å². The van der Waals surface area contributed by atoms with E-state index in [4.69, 9.17) is 5.73 Å². The number of aromatic nitrogens is 6. The highest BCUT2D eigenvalue weighted by atomic mass is 15.3. The summed E-state index contributed by atoms with van der Waals surface area (Å²) in [5, 5.41) is 5.30. The van der Waals surface area contributed by atoms with Crippen LogP contribution in [0.3, 0.4) is 0 Å². The zero-order valence-electron chi connectivity index (χ0n) is 11.6. The molecule has 3 heterocycles. The largest absolute Gasteiger partial charge is 0.383 e. The number of rotatable bonds is 1. The van der Waals surface area contributed by atoms with Crippen molar-refractivity contribution in [1.29, 1.82) is 0 Å². The van der Waals surface area contributed by atoms with Crippen molar-refractivity contribution in [3.8, 4) is 11.3 Å². The third kappa shape index (κ3) is 1.67. The molecule has 0 aliphatic rings. The molecule has 1 aromatic carbocycles. The topological polar surface area (TPSA) is 98.3 Å². The van der Waals surface area contributed by atoms with Crippen molar-refractivity contribution in [1.82, 2.24) is 29.7 Å². The predicted molar refractivity (Wildman–Crippen MR) is 80.5 cm³/mol. The average Bonchev–Trinajstić information content (AvgIpc) is 2.99. The summed E-state index contributed by atoms with van der Waals surface area (Å²) in [6, 6.07) is 5.98. The van der Waals surface area contributed by atoms with Crippen LogP contribution in [-0.2, 0) is 7.05 Å². The number of nitrogens with zero attached hydrogens (tertiary/aromatic N) is 5. The summed E-state index contributed by atoms with van der Waals surface area (Å²) in [6.45, 7) is 1.93. The van der Waals surface area contributed by atoms with Crippen molar-refractivity contribution in [3.05, 3.63) is 30.4 Å². The Labute approximate surface area is 119 Å². The predicted octanol–water partition coefficient (Wildman–Crippen LogP) is 1.80. The fraction of sp³-hybridized carbons (Fsp3) is 0.143. The van der Waals surface area contributed by atoms with Crippen molar-refractivity contribution in [2.75, 3.05) is 5.73 Å². The van der Waals surface area contributed by atoms with Crippen molar-refractivity contribution in [2.45, 2.75) is 6.92 Å². The molecule has 0 radical (unpaired) electrons. The van der Waals surface area contributed by atoms with Crippen LogP contribution in [0, 0.1) is 6.92 Å². The fourth-order valence-electron chi connectivity index (χ4n) is 2.59. The molecule has 0 saturated heterocycles. The number of imidazole rings is 1. The normalized spacial score (nSPS) is 11.5. The number of aryl methyl sites for hydroxylation is 2. The Morgan fingerprint density at radius 2 is 2.10 bits per heavy atom. The van der Waals surface area contributed by atoms with Gasteiger partial charge < -0.3 is 10.7 Å². The molecule has 0 unspecified atom stereocenters. The van der Waals surface area contributed by atoms with E-state index in [1.807, 2.05) is 32.2 Å². The van der Waals surface area contributed by atoms with E-state index < -0.39 is 0 Å². The first-order valence-electron chi connectivity index (χ1n) is 6.53. The molecule has 3 N–H and O–H groups in total. The first kappa shape index (κ1) is 11.8. The summed E-state index contributed by atoms with van der Waals surface area (Å²) < 4.78 is 1.71. The van der Waals surface area contributed by atoms with E-state index in [9.17, 15) is 0 Å². The van der Waals surface area contributed by atoms with Gasteiger partial charge in [-0.3, -0.25) is 0 Å². The van der Waals surface area contributed by atoms with Gasteiger partial charge in [0.2, 0.25) is 0 Å². The Kier molecular flexibility index (Phi) is 2.26. The Balaban J connectivity index is 2.03. The lowest BCUT2D eigenvalue weighted by Crippen LogP contribution is -1.95. The Morgan fingerprint density at radius 1 is 1.24 bits per heavy atom. The zero-order chi connectivity index (χ0) is 14.6. The molecule has 0 fully saturated rings. The average molecular weight is 279 g/mol. The van der Waals surface area contributed by atoms with E-state index in [0.29, 0.717) is 5.82 Å². The lowest BCUT2D eigenvalue weighted by Gasteiger charge is -1.99. The number of fused-ring (bicyclic) bond motifs is 2. The smallest absolute Gasteiger partial charge is 0.163 e. The molecule has 0 spiro atoms. The van der Waals surface area contributed by atoms with Gasteiger partial charge >= 0.3 is 0 Å². The first-order chi connectivity index (χ1) is 10.1. The molecule has 0 saturated carbocycles. The second-order valence-corrected chi connectivity index (χ2v) is 4.98. The third-order valence-corrected chi connectivity index (χ3v) is 3.52. The standard InChI is InChI=1S/C14H13N7/c1-7-18-9-4-3-8(5-10(9)19-7)12-11-13(15)16-6-17-14(11)21(2)20-12/h3-6H,1-2H3,(H,18,19)(H2,15,16,17). The van der Waals surface area contributed by atoms with Gasteiger partial charge in [0.25, 0.3) is 0 Å². The minimum Gasteiger partial charge on any atom is -0.383 e. The van der Waals surface area contributed by atoms with Gasteiger partial charge in [0.15, 0.2) is 5.65 Å². The van der Waals surface area contributed by atoms with Crippen LogP contribution < -0.4 is 5.73 Å². The quantitative estimate of drug-likeness (QED) is 0.553. The minimum atomic E-state index is 0.432. The number of nitrogen functional groups attached to an aromatic ring is 1. The van der Waals surface area contributed by atoms with Gasteiger partial charge in [0.1, 0.15) is 23.7 Å². The maximum absolute atomic E-state index is 6.00. The molecule has 0 amide bonds. The fourth-order valence-corrected chi connectivity index (χ4v) is 2.59. The molecule has 21 heavy (non-hydrogen) atoms. The van der Waals surface area contributed by atoms with Crippen molar-refractivity contribution < 1.29 is 0 Å². The molecule has 104 valence electrons. The van der Waals surface area contributed by atoms with E-state index in [-0.39, 0.29) is 0 Å². The van der Waals surface area contributed by atoms with Crippen LogP contribution in [0.2, 0.25) is 0 Å². The van der Waals surface area contributed by atoms with Gasteiger partial charge in [0.05, 0.1) is 16.4 Å². The second kappa shape index (κ2) is 4.02. The summed E-state index contributed by atoms with van der Waals surface area (Å²) in [5.41, 5.74) is 10.3. The number of hydrogen-bond donors (Lipinski definition) is 2. The van der Waals surface area contributed by atoms with Crippen LogP contribution in [0.5, 0.6) is 0 Å². The number of nitrogens with two attached hydrogens (primary N) is 1. The van der Waals surface area contributed by atoms with Gasteiger partial charge in [-0.2, -0.15) is 5.10 Å². The van der Waals surface area contributed by atoms with Crippen LogP contribution in [0.15, 0.2) is 24.5 Å². The molecular weight excluding hydrogens is 266 g/mol. The number of benzene rings is 1. The van der Waals surface area contributed by atoms with E-state index in [2.05, 4.69) is 25.0 Å². The molecule has 0 bridgehead atoms. The van der Waals surface area contributed by atoms with Gasteiger partial charge in [0, 0.05) is 12.6 Å². The summed E-state index contributed by atoms with van der Waals surface area (Å²) in [7, 11) is 1.84. The van der Waals surface area contributed by atoms with Crippen LogP contribution in [0.25, 0.3) is 33.3 Å². The van der Waals surface area contributed by atoms with Gasteiger partial charge in [-0.15, -0.1) is 0 Å². The van der Waals surface area contributed by atoms with Crippen LogP contribution in [0.1, 0.15) is 5.82 Å². The first-order valence-corrected chi connectivity index (χ1v) is 6.53. The van der Waals surface area contributed by atoms with E-state index >= 15 is 0 Å². The Morgan fingerprint density at radius 3 is 2.95 bits per heavy atom. The molecule has 0 atom stereocenters. The highest BCUT2D eigenvalue weighted by molar-refractivity contribution is 5.99. The molecule has 3 aromatic heterocycles. The summed E-state index contributed by atoms with van der Waals surface area (Å²) in [4.78, 5) is 16.0. The number of anilines is 1. The van der Waals surface area contributed by atoms with Crippen molar-refractivity contribution in [2.24, 2.45) is 7.05 Å². The summed E-state index contributed by atoms with van der Waals surface area (Å²) in [6.07, 6.45) is 1.45. The SMILES string of the molecule is Cc1nc2cc(-c3nn(C)c4ncnc(N)c34)ccc2[nH]1. The summed E-state index contributed by atoms with van der Waals surface area (Å²) >= 11 is 0. The Bertz CT molecular complexity index is 980. The lowest BCUT2D eigenvalue weighted by atomic mass is 10.1. The summed E-state index contributed by atoms with van der Waals surface area (Å²) in [5.74, 6) is 1.32. The van der Waals surface area contributed by atoms with Gasteiger partial charge in [-0.05, 0) is 19.1 Å². The highest BCUT2D eigenvalue weighted by Crippen LogP contribution is 2.30. The molecule has 0 aliphatic carbocycles. The van der Waals surface area contributed by atoms with E-state index in [0.717, 1.165) is 39.1 Å². The zero-order valence-corrected chi connectivity index (χ0v) is 11.6. The molecule has 4 rings (SSSR count). The number of hydrogen-bond acceptors (Lipinski definition) is 5. The third-order valence-electron chi connectivity index (χ3n) is 3.52. The maximum Gasteiger partial charge on any atom is 0.163 e. The van der Waals surface area contributed by atoms with Gasteiger partial charge in [-0.25, -0.2) is 19.6 Å². The van der Waals surface area contributed by atoms with E-state index in [1.165, 1.54) is 6.33 Å². The number of aromatic amines is 1. The number of H-pyrrole nitrogens is 1. The van der Waals surface area contributed by atoms with Crippen molar-refractivity contribution >= 4 is 27.9 Å². The molecule has 7 heteroatoms. The van der Waals surface area contributed by atoms with Crippen LogP contribution in [0.4, 0.5) is 5.82 Å². The van der Waals surface area contributed by atoms with Crippen molar-refractivity contribution in [3.63, 3.8) is 0 Å². The van der Waals surface area contributed by atoms with Crippen LogP contribution in [-0.4, -0.2) is 29.7 Å². The lowest BCUT2D eigenvalue weighted by molar-refractivity contribution is 0.789. The highest BCUT2D eigenvalue weighted by Gasteiger charge is 2.15. The minimum absolute atomic E-state index is 0.432. The molecule has 7 nitrogen and oxygen atoms in total. The monoisotopic (exact) mass is 279 g/mol. The second-order valence-electron chi connectivity index (χ2n) is 4.98. The molecular formula is C14H13N7. The van der Waals surface area contributed by atoms with Crippen LogP contribution >= 0.6 is 0 Å². The molecule has 0 aliphatic heterocycles. The number of nitrogens with one attached hydrogen (secondary N) is 1. The van der Waals surface area contributed by atoms with Gasteiger partial charge in [-0.1, -0.05) is 6.07 Å². The maximum atomic E-state index is 6.00. The Hall–Kier alpha value is -2.96.